The van der Waals surface area contributed by atoms with Crippen molar-refractivity contribution in [2.75, 3.05) is 18.6 Å². The lowest BCUT2D eigenvalue weighted by Crippen LogP contribution is -2.45. The molecule has 8 heteroatoms. The number of benzene rings is 2. The highest BCUT2D eigenvalue weighted by atomic mass is 16.6. The Bertz CT molecular complexity index is 749. The van der Waals surface area contributed by atoms with Crippen molar-refractivity contribution in [1.29, 1.82) is 0 Å². The Kier molecular flexibility index (Phi) is 5.45. The molecule has 0 fully saturated rings. The van der Waals surface area contributed by atoms with Crippen molar-refractivity contribution in [3.8, 4) is 0 Å². The Morgan fingerprint density at radius 1 is 1.12 bits per heavy atom. The number of carbonyl (C=O) groups excluding carboxylic acids is 2. The minimum atomic E-state index is -0.585. The first kappa shape index (κ1) is 16.9. The lowest BCUT2D eigenvalue weighted by molar-refractivity contribution is -0.384. The number of nitrogens with one attached hydrogen (secondary N) is 2. The average Bonchev–Trinajstić information content (AvgIpc) is 2.60. The molecule has 2 amide bonds. The lowest BCUT2D eigenvalue weighted by Gasteiger charge is -2.20. The maximum atomic E-state index is 12.0. The van der Waals surface area contributed by atoms with Crippen LogP contribution in [0.5, 0.6) is 0 Å². The Morgan fingerprint density at radius 3 is 2.50 bits per heavy atom. The summed E-state index contributed by atoms with van der Waals surface area (Å²) in [5, 5.41) is 14.7. The molecule has 0 unspecified atom stereocenters. The SMILES string of the molecule is CN(NC(=O)CNC(=O)c1cccc([N+](=O)[O-])c1)c1ccccc1. The maximum Gasteiger partial charge on any atom is 0.270 e. The van der Waals surface area contributed by atoms with Crippen LogP contribution < -0.4 is 15.8 Å². The van der Waals surface area contributed by atoms with Crippen LogP contribution in [-0.2, 0) is 4.79 Å². The van der Waals surface area contributed by atoms with E-state index >= 15 is 0 Å². The topological polar surface area (TPSA) is 105 Å². The third-order valence-corrected chi connectivity index (χ3v) is 3.16. The molecule has 2 rings (SSSR count). The highest BCUT2D eigenvalue weighted by Gasteiger charge is 2.13. The highest BCUT2D eigenvalue weighted by Crippen LogP contribution is 2.12. The molecule has 0 saturated heterocycles. The van der Waals surface area contributed by atoms with Gasteiger partial charge < -0.3 is 5.32 Å². The van der Waals surface area contributed by atoms with Crippen LogP contribution in [0.25, 0.3) is 0 Å². The van der Waals surface area contributed by atoms with Crippen LogP contribution in [0.15, 0.2) is 54.6 Å². The van der Waals surface area contributed by atoms with Crippen LogP contribution in [-0.4, -0.2) is 30.3 Å². The van der Waals surface area contributed by atoms with E-state index in [4.69, 9.17) is 0 Å². The fraction of sp³-hybridized carbons (Fsp3) is 0.125. The second-order valence-corrected chi connectivity index (χ2v) is 4.92. The summed E-state index contributed by atoms with van der Waals surface area (Å²) in [5.41, 5.74) is 3.33. The largest absolute Gasteiger partial charge is 0.343 e. The van der Waals surface area contributed by atoms with Crippen LogP contribution in [0, 0.1) is 10.1 Å². The van der Waals surface area contributed by atoms with Gasteiger partial charge in [-0.2, -0.15) is 0 Å². The first-order valence-electron chi connectivity index (χ1n) is 7.08. The van der Waals surface area contributed by atoms with Gasteiger partial charge in [0.15, 0.2) is 0 Å². The third kappa shape index (κ3) is 4.54. The van der Waals surface area contributed by atoms with Crippen LogP contribution >= 0.6 is 0 Å². The Morgan fingerprint density at radius 2 is 1.83 bits per heavy atom. The fourth-order valence-corrected chi connectivity index (χ4v) is 1.97. The molecule has 2 N–H and O–H groups in total. The lowest BCUT2D eigenvalue weighted by atomic mass is 10.2. The van der Waals surface area contributed by atoms with Gasteiger partial charge >= 0.3 is 0 Å². The maximum absolute atomic E-state index is 12.0. The van der Waals surface area contributed by atoms with Crippen molar-refractivity contribution in [3.63, 3.8) is 0 Å². The summed E-state index contributed by atoms with van der Waals surface area (Å²) in [6.07, 6.45) is 0. The van der Waals surface area contributed by atoms with E-state index in [1.807, 2.05) is 30.3 Å². The molecule has 2 aromatic carbocycles. The molecule has 0 bridgehead atoms. The van der Waals surface area contributed by atoms with Gasteiger partial charge in [-0.1, -0.05) is 24.3 Å². The quantitative estimate of drug-likeness (QED) is 0.617. The number of nitro benzene ring substituents is 1. The molecule has 0 saturated carbocycles. The van der Waals surface area contributed by atoms with Crippen molar-refractivity contribution >= 4 is 23.2 Å². The zero-order chi connectivity index (χ0) is 17.5. The van der Waals surface area contributed by atoms with Gasteiger partial charge in [-0.3, -0.25) is 30.1 Å². The Balaban J connectivity index is 1.88. The zero-order valence-electron chi connectivity index (χ0n) is 12.9. The van der Waals surface area contributed by atoms with E-state index in [1.165, 1.54) is 23.2 Å². The van der Waals surface area contributed by atoms with E-state index < -0.39 is 16.7 Å². The summed E-state index contributed by atoms with van der Waals surface area (Å²) in [6.45, 7) is -0.251. The summed E-state index contributed by atoms with van der Waals surface area (Å²) in [5.74, 6) is -0.976. The summed E-state index contributed by atoms with van der Waals surface area (Å²) in [7, 11) is 1.68. The molecule has 124 valence electrons. The van der Waals surface area contributed by atoms with E-state index in [0.29, 0.717) is 0 Å². The molecule has 0 radical (unpaired) electrons. The molecule has 0 aliphatic rings. The number of amides is 2. The third-order valence-electron chi connectivity index (χ3n) is 3.16. The van der Waals surface area contributed by atoms with E-state index in [9.17, 15) is 19.7 Å². The normalized spacial score (nSPS) is 9.88. The first-order chi connectivity index (χ1) is 11.5. The van der Waals surface area contributed by atoms with Crippen molar-refractivity contribution in [3.05, 3.63) is 70.3 Å². The van der Waals surface area contributed by atoms with Crippen molar-refractivity contribution in [2.45, 2.75) is 0 Å². The highest BCUT2D eigenvalue weighted by molar-refractivity contribution is 5.97. The molecular formula is C16H16N4O4. The van der Waals surface area contributed by atoms with E-state index in [0.717, 1.165) is 11.8 Å². The standard InChI is InChI=1S/C16H16N4O4/c1-19(13-7-3-2-4-8-13)18-15(21)11-17-16(22)12-6-5-9-14(10-12)20(23)24/h2-10H,11H2,1H3,(H,17,22)(H,18,21). The number of nitrogens with zero attached hydrogens (tertiary/aromatic N) is 2. The monoisotopic (exact) mass is 328 g/mol. The zero-order valence-corrected chi connectivity index (χ0v) is 12.9. The van der Waals surface area contributed by atoms with Gasteiger partial charge in [0.05, 0.1) is 17.2 Å². The van der Waals surface area contributed by atoms with E-state index in [1.54, 1.807) is 7.05 Å². The van der Waals surface area contributed by atoms with Crippen molar-refractivity contribution < 1.29 is 14.5 Å². The summed E-state index contributed by atoms with van der Waals surface area (Å²) >= 11 is 0. The summed E-state index contributed by atoms with van der Waals surface area (Å²) < 4.78 is 0. The second kappa shape index (κ2) is 7.73. The second-order valence-electron chi connectivity index (χ2n) is 4.92. The number of hydrogen-bond donors (Lipinski definition) is 2. The fourth-order valence-electron chi connectivity index (χ4n) is 1.97. The summed E-state index contributed by atoms with van der Waals surface area (Å²) in [6, 6.07) is 14.5. The first-order valence-corrected chi connectivity index (χ1v) is 7.08. The Hall–Kier alpha value is -3.42. The van der Waals surface area contributed by atoms with Crippen LogP contribution in [0.3, 0.4) is 0 Å². The van der Waals surface area contributed by atoms with E-state index in [2.05, 4.69) is 10.7 Å². The van der Waals surface area contributed by atoms with Gasteiger partial charge in [0.25, 0.3) is 17.5 Å². The molecular weight excluding hydrogens is 312 g/mol. The number of hydrogen-bond acceptors (Lipinski definition) is 5. The van der Waals surface area contributed by atoms with Gasteiger partial charge in [0.1, 0.15) is 0 Å². The van der Waals surface area contributed by atoms with Gasteiger partial charge in [0, 0.05) is 24.7 Å². The molecule has 0 heterocycles. The number of para-hydroxylation sites is 1. The molecule has 8 nitrogen and oxygen atoms in total. The number of anilines is 1. The molecule has 0 atom stereocenters. The minimum Gasteiger partial charge on any atom is -0.343 e. The molecule has 2 aromatic rings. The van der Waals surface area contributed by atoms with E-state index in [-0.39, 0.29) is 17.8 Å². The van der Waals surface area contributed by atoms with Gasteiger partial charge in [-0.25, -0.2) is 0 Å². The van der Waals surface area contributed by atoms with Crippen LogP contribution in [0.2, 0.25) is 0 Å². The predicted molar refractivity (Wildman–Crippen MR) is 88.4 cm³/mol. The number of rotatable bonds is 6. The smallest absolute Gasteiger partial charge is 0.270 e. The number of nitro groups is 1. The average molecular weight is 328 g/mol. The predicted octanol–water partition coefficient (Wildman–Crippen LogP) is 1.49. The number of hydrazine groups is 1. The molecule has 0 spiro atoms. The molecule has 0 aliphatic carbocycles. The van der Waals surface area contributed by atoms with Gasteiger partial charge in [-0.05, 0) is 18.2 Å². The summed E-state index contributed by atoms with van der Waals surface area (Å²) in [4.78, 5) is 33.9. The van der Waals surface area contributed by atoms with Gasteiger partial charge in [0.2, 0.25) is 0 Å². The van der Waals surface area contributed by atoms with Crippen LogP contribution in [0.1, 0.15) is 10.4 Å². The molecule has 0 aliphatic heterocycles. The molecule has 24 heavy (non-hydrogen) atoms. The molecule has 0 aromatic heterocycles. The van der Waals surface area contributed by atoms with Gasteiger partial charge in [-0.15, -0.1) is 0 Å². The Labute approximate surface area is 138 Å². The number of non-ortho nitro benzene ring substituents is 1. The number of carbonyl (C=O) groups is 2. The van der Waals surface area contributed by atoms with Crippen molar-refractivity contribution in [1.82, 2.24) is 10.7 Å². The van der Waals surface area contributed by atoms with Crippen molar-refractivity contribution in [2.24, 2.45) is 0 Å². The minimum absolute atomic E-state index is 0.119. The van der Waals surface area contributed by atoms with Crippen LogP contribution in [0.4, 0.5) is 11.4 Å².